The number of alkyl halides is 3. The highest BCUT2D eigenvalue weighted by Gasteiger charge is 2.64. The summed E-state index contributed by atoms with van der Waals surface area (Å²) in [6, 6.07) is 5.75. The van der Waals surface area contributed by atoms with Crippen molar-refractivity contribution < 1.29 is 18.0 Å². The molecule has 1 saturated carbocycles. The number of nitrogens with two attached hydrogens (primary N) is 1. The van der Waals surface area contributed by atoms with Gasteiger partial charge in [-0.05, 0) is 37.1 Å². The maximum atomic E-state index is 12.6. The minimum absolute atomic E-state index is 0.0583. The Balaban J connectivity index is 2.10. The van der Waals surface area contributed by atoms with Gasteiger partial charge in [-0.25, -0.2) is 0 Å². The predicted molar refractivity (Wildman–Crippen MR) is 56.3 cm³/mol. The van der Waals surface area contributed by atoms with Crippen molar-refractivity contribution in [2.24, 2.45) is 0 Å². The smallest absolute Gasteiger partial charge is 0.399 e. The SMILES string of the molecule is Nc1ccc(C(=O)NC2(C(F)(F)F)CC2)cc1. The van der Waals surface area contributed by atoms with Crippen LogP contribution in [0.3, 0.4) is 0 Å². The summed E-state index contributed by atoms with van der Waals surface area (Å²) in [4.78, 5) is 11.6. The van der Waals surface area contributed by atoms with Gasteiger partial charge in [-0.2, -0.15) is 13.2 Å². The predicted octanol–water partition coefficient (Wildman–Crippen LogP) is 2.09. The number of hydrogen-bond donors (Lipinski definition) is 2. The van der Waals surface area contributed by atoms with Crippen molar-refractivity contribution in [2.45, 2.75) is 24.6 Å². The number of halogens is 3. The molecule has 0 radical (unpaired) electrons. The zero-order valence-electron chi connectivity index (χ0n) is 8.84. The molecule has 0 atom stereocenters. The van der Waals surface area contributed by atoms with Crippen LogP contribution in [0.15, 0.2) is 24.3 Å². The van der Waals surface area contributed by atoms with E-state index in [1.807, 2.05) is 5.32 Å². The van der Waals surface area contributed by atoms with E-state index in [2.05, 4.69) is 0 Å². The van der Waals surface area contributed by atoms with Crippen LogP contribution in [0, 0.1) is 0 Å². The zero-order valence-corrected chi connectivity index (χ0v) is 8.84. The number of carbonyl (C=O) groups excluding carboxylic acids is 1. The van der Waals surface area contributed by atoms with E-state index in [0.717, 1.165) is 0 Å². The van der Waals surface area contributed by atoms with Gasteiger partial charge >= 0.3 is 6.18 Å². The van der Waals surface area contributed by atoms with E-state index in [-0.39, 0.29) is 18.4 Å². The highest BCUT2D eigenvalue weighted by atomic mass is 19.4. The number of nitrogens with one attached hydrogen (secondary N) is 1. The molecule has 0 bridgehead atoms. The van der Waals surface area contributed by atoms with Crippen molar-refractivity contribution in [1.29, 1.82) is 0 Å². The Morgan fingerprint density at radius 3 is 2.18 bits per heavy atom. The number of benzene rings is 1. The largest absolute Gasteiger partial charge is 0.411 e. The molecule has 0 aliphatic heterocycles. The molecule has 1 aromatic rings. The molecular formula is C11H11F3N2O. The molecule has 1 aliphatic carbocycles. The first-order valence-corrected chi connectivity index (χ1v) is 5.09. The minimum atomic E-state index is -4.39. The highest BCUT2D eigenvalue weighted by molar-refractivity contribution is 5.95. The Bertz CT molecular complexity index is 435. The molecule has 6 heteroatoms. The first kappa shape index (κ1) is 11.8. The van der Waals surface area contributed by atoms with Crippen molar-refractivity contribution in [3.63, 3.8) is 0 Å². The van der Waals surface area contributed by atoms with E-state index in [4.69, 9.17) is 5.73 Å². The van der Waals surface area contributed by atoms with Crippen LogP contribution in [0.5, 0.6) is 0 Å². The minimum Gasteiger partial charge on any atom is -0.399 e. The second kappa shape index (κ2) is 3.65. The van der Waals surface area contributed by atoms with Crippen LogP contribution in [-0.2, 0) is 0 Å². The van der Waals surface area contributed by atoms with E-state index in [1.54, 1.807) is 0 Å². The molecular weight excluding hydrogens is 233 g/mol. The van der Waals surface area contributed by atoms with Crippen LogP contribution in [-0.4, -0.2) is 17.6 Å². The van der Waals surface area contributed by atoms with Gasteiger partial charge in [0.15, 0.2) is 0 Å². The first-order chi connectivity index (χ1) is 7.84. The van der Waals surface area contributed by atoms with Crippen molar-refractivity contribution in [1.82, 2.24) is 5.32 Å². The molecule has 1 aromatic carbocycles. The molecule has 1 amide bonds. The molecule has 1 aliphatic rings. The standard InChI is InChI=1S/C11H11F3N2O/c12-11(13,14)10(5-6-10)16-9(17)7-1-3-8(15)4-2-7/h1-4H,5-6,15H2,(H,16,17). The third-order valence-electron chi connectivity index (χ3n) is 2.82. The van der Waals surface area contributed by atoms with Crippen LogP contribution in [0.25, 0.3) is 0 Å². The Morgan fingerprint density at radius 2 is 1.76 bits per heavy atom. The summed E-state index contributed by atoms with van der Waals surface area (Å²) >= 11 is 0. The monoisotopic (exact) mass is 244 g/mol. The average Bonchev–Trinajstić information content (AvgIpc) is 2.98. The maximum absolute atomic E-state index is 12.6. The molecule has 2 rings (SSSR count). The van der Waals surface area contributed by atoms with Gasteiger partial charge in [-0.3, -0.25) is 4.79 Å². The molecule has 0 heterocycles. The summed E-state index contributed by atoms with van der Waals surface area (Å²) in [6.07, 6.45) is -4.51. The molecule has 3 nitrogen and oxygen atoms in total. The lowest BCUT2D eigenvalue weighted by Gasteiger charge is -2.20. The van der Waals surface area contributed by atoms with Gasteiger partial charge in [0.1, 0.15) is 5.54 Å². The van der Waals surface area contributed by atoms with Crippen molar-refractivity contribution in [3.05, 3.63) is 29.8 Å². The number of hydrogen-bond acceptors (Lipinski definition) is 2. The number of amides is 1. The Labute approximate surface area is 95.8 Å². The molecule has 0 unspecified atom stereocenters. The van der Waals surface area contributed by atoms with Crippen LogP contribution in [0.2, 0.25) is 0 Å². The lowest BCUT2D eigenvalue weighted by Crippen LogP contribution is -2.47. The second-order valence-electron chi connectivity index (χ2n) is 4.16. The summed E-state index contributed by atoms with van der Waals surface area (Å²) in [5, 5.41) is 2.04. The van der Waals surface area contributed by atoms with Gasteiger partial charge < -0.3 is 11.1 Å². The normalized spacial score (nSPS) is 17.6. The summed E-state index contributed by atoms with van der Waals surface area (Å²) in [7, 11) is 0. The summed E-state index contributed by atoms with van der Waals surface area (Å²) in [5.74, 6) is -0.722. The van der Waals surface area contributed by atoms with Crippen LogP contribution < -0.4 is 11.1 Å². The van der Waals surface area contributed by atoms with E-state index in [0.29, 0.717) is 5.69 Å². The lowest BCUT2D eigenvalue weighted by atomic mass is 10.1. The fraction of sp³-hybridized carbons (Fsp3) is 0.364. The van der Waals surface area contributed by atoms with Crippen LogP contribution >= 0.6 is 0 Å². The Hall–Kier alpha value is -1.72. The molecule has 0 saturated heterocycles. The number of rotatable bonds is 2. The average molecular weight is 244 g/mol. The van der Waals surface area contributed by atoms with Crippen molar-refractivity contribution >= 4 is 11.6 Å². The lowest BCUT2D eigenvalue weighted by molar-refractivity contribution is -0.163. The molecule has 92 valence electrons. The van der Waals surface area contributed by atoms with Gasteiger partial charge in [-0.15, -0.1) is 0 Å². The van der Waals surface area contributed by atoms with Crippen LogP contribution in [0.1, 0.15) is 23.2 Å². The van der Waals surface area contributed by atoms with Gasteiger partial charge in [0.05, 0.1) is 0 Å². The molecule has 0 spiro atoms. The van der Waals surface area contributed by atoms with Crippen LogP contribution in [0.4, 0.5) is 18.9 Å². The number of nitrogen functional groups attached to an aromatic ring is 1. The van der Waals surface area contributed by atoms with E-state index < -0.39 is 17.6 Å². The number of carbonyl (C=O) groups is 1. The van der Waals surface area contributed by atoms with Crippen molar-refractivity contribution in [2.75, 3.05) is 5.73 Å². The van der Waals surface area contributed by atoms with Gasteiger partial charge in [0, 0.05) is 11.3 Å². The van der Waals surface area contributed by atoms with Gasteiger partial charge in [0.25, 0.3) is 5.91 Å². The fourth-order valence-electron chi connectivity index (χ4n) is 1.53. The molecule has 1 fully saturated rings. The number of anilines is 1. The van der Waals surface area contributed by atoms with E-state index in [1.165, 1.54) is 24.3 Å². The third-order valence-corrected chi connectivity index (χ3v) is 2.82. The maximum Gasteiger partial charge on any atom is 0.411 e. The van der Waals surface area contributed by atoms with Crippen molar-refractivity contribution in [3.8, 4) is 0 Å². The molecule has 17 heavy (non-hydrogen) atoms. The summed E-state index contributed by atoms with van der Waals surface area (Å²) in [5.41, 5.74) is 4.03. The molecule has 0 aromatic heterocycles. The molecule has 3 N–H and O–H groups in total. The Kier molecular flexibility index (Phi) is 2.52. The second-order valence-corrected chi connectivity index (χ2v) is 4.16. The third kappa shape index (κ3) is 2.20. The summed E-state index contributed by atoms with van der Waals surface area (Å²) in [6.45, 7) is 0. The first-order valence-electron chi connectivity index (χ1n) is 5.09. The highest BCUT2D eigenvalue weighted by Crippen LogP contribution is 2.49. The van der Waals surface area contributed by atoms with E-state index in [9.17, 15) is 18.0 Å². The Morgan fingerprint density at radius 1 is 1.24 bits per heavy atom. The summed E-state index contributed by atoms with van der Waals surface area (Å²) < 4.78 is 37.8. The fourth-order valence-corrected chi connectivity index (χ4v) is 1.53. The van der Waals surface area contributed by atoms with Gasteiger partial charge in [-0.1, -0.05) is 0 Å². The zero-order chi connectivity index (χ0) is 12.7. The van der Waals surface area contributed by atoms with E-state index >= 15 is 0 Å². The quantitative estimate of drug-likeness (QED) is 0.783. The van der Waals surface area contributed by atoms with Gasteiger partial charge in [0.2, 0.25) is 0 Å². The topological polar surface area (TPSA) is 55.1 Å².